The van der Waals surface area contributed by atoms with Gasteiger partial charge >= 0.3 is 0 Å². The number of benzene rings is 1. The Labute approximate surface area is 108 Å². The van der Waals surface area contributed by atoms with Crippen LogP contribution in [0.3, 0.4) is 0 Å². The van der Waals surface area contributed by atoms with Gasteiger partial charge in [-0.2, -0.15) is 0 Å². The Balaban J connectivity index is 1.99. The molecule has 1 aliphatic rings. The van der Waals surface area contributed by atoms with Gasteiger partial charge in [0, 0.05) is 37.9 Å². The summed E-state index contributed by atoms with van der Waals surface area (Å²) >= 11 is 0. The fourth-order valence-electron chi connectivity index (χ4n) is 2.37. The van der Waals surface area contributed by atoms with E-state index in [0.29, 0.717) is 19.1 Å². The molecule has 100 valence electrons. The van der Waals surface area contributed by atoms with Gasteiger partial charge in [-0.3, -0.25) is 4.90 Å². The average molecular weight is 252 g/mol. The number of halogens is 1. The number of nitrogens with zero attached hydrogens (tertiary/aromatic N) is 1. The second kappa shape index (κ2) is 6.27. The lowest BCUT2D eigenvalue weighted by Gasteiger charge is -2.31. The van der Waals surface area contributed by atoms with Crippen molar-refractivity contribution in [2.75, 3.05) is 20.3 Å². The molecule has 0 saturated carbocycles. The molecule has 0 radical (unpaired) electrons. The molecule has 2 rings (SSSR count). The summed E-state index contributed by atoms with van der Waals surface area (Å²) < 4.78 is 19.2. The van der Waals surface area contributed by atoms with Crippen LogP contribution in [-0.4, -0.2) is 31.2 Å². The van der Waals surface area contributed by atoms with Crippen LogP contribution in [0.25, 0.3) is 0 Å². The second-order valence-electron chi connectivity index (χ2n) is 4.89. The highest BCUT2D eigenvalue weighted by molar-refractivity contribution is 5.24. The lowest BCUT2D eigenvalue weighted by molar-refractivity contribution is 0.0404. The summed E-state index contributed by atoms with van der Waals surface area (Å²) in [5.74, 6) is -0.156. The van der Waals surface area contributed by atoms with Crippen LogP contribution in [0.4, 0.5) is 4.39 Å². The van der Waals surface area contributed by atoms with Gasteiger partial charge in [-0.05, 0) is 31.5 Å². The zero-order valence-electron chi connectivity index (χ0n) is 10.9. The molecule has 1 saturated heterocycles. The number of ether oxygens (including phenoxy) is 1. The molecular weight excluding hydrogens is 231 g/mol. The molecular formula is C14H21FN2O. The van der Waals surface area contributed by atoms with Crippen molar-refractivity contribution in [2.45, 2.75) is 32.0 Å². The molecule has 1 heterocycles. The Kier molecular flexibility index (Phi) is 4.69. The highest BCUT2D eigenvalue weighted by Crippen LogP contribution is 2.18. The van der Waals surface area contributed by atoms with Gasteiger partial charge in [0.15, 0.2) is 0 Å². The maximum atomic E-state index is 13.9. The summed E-state index contributed by atoms with van der Waals surface area (Å²) in [6.07, 6.45) is 2.05. The fourth-order valence-corrected chi connectivity index (χ4v) is 2.37. The summed E-state index contributed by atoms with van der Waals surface area (Å²) in [5, 5.41) is 0. The van der Waals surface area contributed by atoms with Crippen LogP contribution in [0.1, 0.15) is 24.0 Å². The summed E-state index contributed by atoms with van der Waals surface area (Å²) in [6.45, 7) is 2.64. The van der Waals surface area contributed by atoms with Crippen molar-refractivity contribution in [3.05, 3.63) is 35.1 Å². The van der Waals surface area contributed by atoms with E-state index >= 15 is 0 Å². The molecule has 0 unspecified atom stereocenters. The summed E-state index contributed by atoms with van der Waals surface area (Å²) in [4.78, 5) is 2.21. The van der Waals surface area contributed by atoms with Crippen LogP contribution in [0.5, 0.6) is 0 Å². The largest absolute Gasteiger partial charge is 0.381 e. The number of hydrogen-bond donors (Lipinski definition) is 1. The van der Waals surface area contributed by atoms with E-state index in [9.17, 15) is 4.39 Å². The van der Waals surface area contributed by atoms with Gasteiger partial charge in [-0.25, -0.2) is 4.39 Å². The molecule has 1 fully saturated rings. The van der Waals surface area contributed by atoms with Crippen molar-refractivity contribution in [2.24, 2.45) is 5.73 Å². The first-order chi connectivity index (χ1) is 8.70. The molecule has 3 nitrogen and oxygen atoms in total. The van der Waals surface area contributed by atoms with Crippen molar-refractivity contribution in [3.63, 3.8) is 0 Å². The normalized spacial score (nSPS) is 17.3. The van der Waals surface area contributed by atoms with Crippen molar-refractivity contribution in [1.82, 2.24) is 4.90 Å². The minimum absolute atomic E-state index is 0.156. The number of rotatable bonds is 4. The maximum absolute atomic E-state index is 13.9. The molecule has 0 bridgehead atoms. The SMILES string of the molecule is CN(Cc1ccc(CN)cc1F)C1CCOCC1. The summed E-state index contributed by atoms with van der Waals surface area (Å²) in [5.41, 5.74) is 7.07. The van der Waals surface area contributed by atoms with Crippen LogP contribution in [-0.2, 0) is 17.8 Å². The first-order valence-corrected chi connectivity index (χ1v) is 6.46. The van der Waals surface area contributed by atoms with E-state index < -0.39 is 0 Å². The first-order valence-electron chi connectivity index (χ1n) is 6.46. The smallest absolute Gasteiger partial charge is 0.128 e. The van der Waals surface area contributed by atoms with Gasteiger partial charge in [0.2, 0.25) is 0 Å². The molecule has 1 aliphatic heterocycles. The molecule has 0 atom stereocenters. The molecule has 0 aromatic heterocycles. The Bertz CT molecular complexity index is 391. The van der Waals surface area contributed by atoms with E-state index in [1.165, 1.54) is 6.07 Å². The molecule has 0 aliphatic carbocycles. The van der Waals surface area contributed by atoms with Gasteiger partial charge < -0.3 is 10.5 Å². The van der Waals surface area contributed by atoms with E-state index in [0.717, 1.165) is 37.2 Å². The Hall–Kier alpha value is -0.970. The molecule has 0 spiro atoms. The van der Waals surface area contributed by atoms with Crippen molar-refractivity contribution in [3.8, 4) is 0 Å². The standard InChI is InChI=1S/C14H21FN2O/c1-17(13-4-6-18-7-5-13)10-12-3-2-11(9-16)8-14(12)15/h2-3,8,13H,4-7,9-10,16H2,1H3. The molecule has 4 heteroatoms. The maximum Gasteiger partial charge on any atom is 0.128 e. The Morgan fingerprint density at radius 1 is 1.39 bits per heavy atom. The zero-order valence-corrected chi connectivity index (χ0v) is 10.9. The molecule has 18 heavy (non-hydrogen) atoms. The van der Waals surface area contributed by atoms with Crippen LogP contribution < -0.4 is 5.73 Å². The van der Waals surface area contributed by atoms with Gasteiger partial charge in [0.25, 0.3) is 0 Å². The lowest BCUT2D eigenvalue weighted by atomic mass is 10.1. The summed E-state index contributed by atoms with van der Waals surface area (Å²) in [7, 11) is 2.05. The summed E-state index contributed by atoms with van der Waals surface area (Å²) in [6, 6.07) is 5.77. The zero-order chi connectivity index (χ0) is 13.0. The predicted octanol–water partition coefficient (Wildman–Crippen LogP) is 1.90. The third-order valence-electron chi connectivity index (χ3n) is 3.59. The molecule has 0 amide bonds. The van der Waals surface area contributed by atoms with E-state index in [4.69, 9.17) is 10.5 Å². The van der Waals surface area contributed by atoms with Crippen molar-refractivity contribution < 1.29 is 9.13 Å². The monoisotopic (exact) mass is 252 g/mol. The fraction of sp³-hybridized carbons (Fsp3) is 0.571. The quantitative estimate of drug-likeness (QED) is 0.889. The predicted molar refractivity (Wildman–Crippen MR) is 69.6 cm³/mol. The van der Waals surface area contributed by atoms with Crippen molar-refractivity contribution >= 4 is 0 Å². The third-order valence-corrected chi connectivity index (χ3v) is 3.59. The van der Waals surface area contributed by atoms with Crippen molar-refractivity contribution in [1.29, 1.82) is 0 Å². The van der Waals surface area contributed by atoms with Gasteiger partial charge in [-0.15, -0.1) is 0 Å². The number of nitrogens with two attached hydrogens (primary N) is 1. The van der Waals surface area contributed by atoms with Gasteiger partial charge in [0.05, 0.1) is 0 Å². The topological polar surface area (TPSA) is 38.5 Å². The average Bonchev–Trinajstić information content (AvgIpc) is 2.42. The molecule has 1 aromatic carbocycles. The highest BCUT2D eigenvalue weighted by Gasteiger charge is 2.19. The van der Waals surface area contributed by atoms with Crippen LogP contribution in [0.2, 0.25) is 0 Å². The highest BCUT2D eigenvalue weighted by atomic mass is 19.1. The number of hydrogen-bond acceptors (Lipinski definition) is 3. The Morgan fingerprint density at radius 3 is 2.72 bits per heavy atom. The van der Waals surface area contributed by atoms with Crippen LogP contribution in [0, 0.1) is 5.82 Å². The van der Waals surface area contributed by atoms with Gasteiger partial charge in [-0.1, -0.05) is 12.1 Å². The van der Waals surface area contributed by atoms with E-state index in [2.05, 4.69) is 4.90 Å². The second-order valence-corrected chi connectivity index (χ2v) is 4.89. The van der Waals surface area contributed by atoms with Gasteiger partial charge in [0.1, 0.15) is 5.82 Å². The third kappa shape index (κ3) is 3.28. The van der Waals surface area contributed by atoms with Crippen LogP contribution >= 0.6 is 0 Å². The van der Waals surface area contributed by atoms with Crippen LogP contribution in [0.15, 0.2) is 18.2 Å². The minimum Gasteiger partial charge on any atom is -0.381 e. The molecule has 1 aromatic rings. The lowest BCUT2D eigenvalue weighted by Crippen LogP contribution is -2.36. The Morgan fingerprint density at radius 2 is 2.11 bits per heavy atom. The minimum atomic E-state index is -0.156. The van der Waals surface area contributed by atoms with E-state index in [1.807, 2.05) is 19.2 Å². The molecule has 2 N–H and O–H groups in total. The first kappa shape index (κ1) is 13.5. The van der Waals surface area contributed by atoms with E-state index in [1.54, 1.807) is 0 Å². The van der Waals surface area contributed by atoms with E-state index in [-0.39, 0.29) is 5.82 Å².